The highest BCUT2D eigenvalue weighted by atomic mass is 16.3. The summed E-state index contributed by atoms with van der Waals surface area (Å²) in [6.45, 7) is 1.13. The van der Waals surface area contributed by atoms with Crippen molar-refractivity contribution < 1.29 is 10.2 Å². The third-order valence-corrected chi connectivity index (χ3v) is 5.74. The lowest BCUT2D eigenvalue weighted by Gasteiger charge is -2.38. The molecule has 110 valence electrons. The Morgan fingerprint density at radius 1 is 0.632 bits per heavy atom. The molecule has 3 fully saturated rings. The Bertz CT molecular complexity index is 296. The molecule has 5 unspecified atom stereocenters. The van der Waals surface area contributed by atoms with Gasteiger partial charge in [-0.1, -0.05) is 25.7 Å². The summed E-state index contributed by atoms with van der Waals surface area (Å²) < 4.78 is 0. The normalized spacial score (nSPS) is 45.5. The van der Waals surface area contributed by atoms with Gasteiger partial charge in [-0.2, -0.15) is 0 Å². The van der Waals surface area contributed by atoms with E-state index in [1.54, 1.807) is 0 Å². The zero-order valence-corrected chi connectivity index (χ0v) is 12.0. The number of aliphatic hydroxyl groups excluding tert-OH is 2. The zero-order chi connectivity index (χ0) is 13.2. The van der Waals surface area contributed by atoms with Gasteiger partial charge in [-0.15, -0.1) is 0 Å². The minimum Gasteiger partial charge on any atom is -0.393 e. The molecule has 0 bridgehead atoms. The molecule has 0 amide bonds. The molecule has 2 aliphatic carbocycles. The van der Waals surface area contributed by atoms with Gasteiger partial charge in [0.2, 0.25) is 0 Å². The highest BCUT2D eigenvalue weighted by Crippen LogP contribution is 2.38. The average molecular weight is 267 g/mol. The number of hydrogen-bond donors (Lipinski definition) is 2. The van der Waals surface area contributed by atoms with Crippen LogP contribution in [0.3, 0.4) is 0 Å². The van der Waals surface area contributed by atoms with Crippen LogP contribution in [0, 0.1) is 5.92 Å². The van der Waals surface area contributed by atoms with Crippen molar-refractivity contribution in [3.8, 4) is 0 Å². The van der Waals surface area contributed by atoms with Crippen LogP contribution < -0.4 is 0 Å². The molecule has 2 saturated carbocycles. The van der Waals surface area contributed by atoms with E-state index in [0.29, 0.717) is 18.0 Å². The molecule has 19 heavy (non-hydrogen) atoms. The van der Waals surface area contributed by atoms with Crippen LogP contribution in [0.25, 0.3) is 0 Å². The molecule has 0 radical (unpaired) electrons. The van der Waals surface area contributed by atoms with Crippen LogP contribution in [0.1, 0.15) is 64.2 Å². The fraction of sp³-hybridized carbons (Fsp3) is 1.00. The smallest absolute Gasteiger partial charge is 0.0695 e. The molecule has 0 aromatic rings. The molecule has 1 saturated heterocycles. The summed E-state index contributed by atoms with van der Waals surface area (Å²) in [5.74, 6) is 0.470. The fourth-order valence-electron chi connectivity index (χ4n) is 4.76. The number of rotatable bonds is 2. The van der Waals surface area contributed by atoms with Crippen molar-refractivity contribution in [3.05, 3.63) is 0 Å². The highest BCUT2D eigenvalue weighted by molar-refractivity contribution is 4.96. The lowest BCUT2D eigenvalue weighted by atomic mass is 9.92. The van der Waals surface area contributed by atoms with E-state index in [-0.39, 0.29) is 12.2 Å². The minimum atomic E-state index is -0.137. The quantitative estimate of drug-likeness (QED) is 0.755. The third-order valence-electron chi connectivity index (χ3n) is 5.74. The molecular formula is C16H29NO2. The van der Waals surface area contributed by atoms with Crippen molar-refractivity contribution in [2.45, 2.75) is 88.5 Å². The molecule has 3 aliphatic rings. The molecule has 1 aliphatic heterocycles. The Kier molecular flexibility index (Phi) is 4.45. The Hall–Kier alpha value is -0.120. The second-order valence-electron chi connectivity index (χ2n) is 6.88. The maximum absolute atomic E-state index is 10.4. The van der Waals surface area contributed by atoms with E-state index in [4.69, 9.17) is 0 Å². The van der Waals surface area contributed by atoms with Crippen LogP contribution in [-0.4, -0.2) is 45.9 Å². The molecule has 0 spiro atoms. The molecule has 0 aromatic carbocycles. The fourth-order valence-corrected chi connectivity index (χ4v) is 4.76. The van der Waals surface area contributed by atoms with Crippen molar-refractivity contribution in [2.24, 2.45) is 5.92 Å². The van der Waals surface area contributed by atoms with Gasteiger partial charge in [0, 0.05) is 18.0 Å². The van der Waals surface area contributed by atoms with Gasteiger partial charge < -0.3 is 10.2 Å². The standard InChI is InChI=1S/C16H29NO2/c18-15-10-4-6-12(15)13-8-5-11-17(13)14-7-2-1-3-9-16(14)19/h12-16,18-19H,1-11H2. The summed E-state index contributed by atoms with van der Waals surface area (Å²) in [5.41, 5.74) is 0. The van der Waals surface area contributed by atoms with Crippen LogP contribution in [0.4, 0.5) is 0 Å². The summed E-state index contributed by atoms with van der Waals surface area (Å²) in [4.78, 5) is 2.58. The van der Waals surface area contributed by atoms with Crippen LogP contribution in [0.2, 0.25) is 0 Å². The van der Waals surface area contributed by atoms with Gasteiger partial charge in [0.1, 0.15) is 0 Å². The highest BCUT2D eigenvalue weighted by Gasteiger charge is 2.42. The molecule has 3 heteroatoms. The average Bonchev–Trinajstić information content (AvgIpc) is 2.97. The number of nitrogens with zero attached hydrogens (tertiary/aromatic N) is 1. The van der Waals surface area contributed by atoms with Gasteiger partial charge in [-0.3, -0.25) is 4.90 Å². The summed E-state index contributed by atoms with van der Waals surface area (Å²) in [6.07, 6.45) is 11.5. The molecule has 2 N–H and O–H groups in total. The summed E-state index contributed by atoms with van der Waals surface area (Å²) >= 11 is 0. The maximum atomic E-state index is 10.4. The van der Waals surface area contributed by atoms with E-state index in [2.05, 4.69) is 4.90 Å². The van der Waals surface area contributed by atoms with E-state index in [0.717, 1.165) is 25.8 Å². The Morgan fingerprint density at radius 2 is 1.37 bits per heavy atom. The molecule has 3 rings (SSSR count). The van der Waals surface area contributed by atoms with Gasteiger partial charge in [0.15, 0.2) is 0 Å². The number of hydrogen-bond acceptors (Lipinski definition) is 3. The zero-order valence-electron chi connectivity index (χ0n) is 12.0. The topological polar surface area (TPSA) is 43.7 Å². The van der Waals surface area contributed by atoms with E-state index < -0.39 is 0 Å². The Morgan fingerprint density at radius 3 is 2.16 bits per heavy atom. The lowest BCUT2D eigenvalue weighted by Crippen LogP contribution is -2.49. The second kappa shape index (κ2) is 6.11. The first-order valence-electron chi connectivity index (χ1n) is 8.39. The largest absolute Gasteiger partial charge is 0.393 e. The van der Waals surface area contributed by atoms with Gasteiger partial charge >= 0.3 is 0 Å². The molecule has 3 nitrogen and oxygen atoms in total. The van der Waals surface area contributed by atoms with Gasteiger partial charge in [0.05, 0.1) is 12.2 Å². The third kappa shape index (κ3) is 2.84. The molecule has 0 aromatic heterocycles. The first-order chi connectivity index (χ1) is 9.27. The van der Waals surface area contributed by atoms with Crippen LogP contribution in [-0.2, 0) is 0 Å². The Labute approximate surface area is 117 Å². The van der Waals surface area contributed by atoms with Crippen molar-refractivity contribution in [2.75, 3.05) is 6.54 Å². The molecular weight excluding hydrogens is 238 g/mol. The van der Waals surface area contributed by atoms with E-state index in [1.165, 1.54) is 44.9 Å². The van der Waals surface area contributed by atoms with Crippen LogP contribution in [0.15, 0.2) is 0 Å². The minimum absolute atomic E-state index is 0.0893. The van der Waals surface area contributed by atoms with Crippen molar-refractivity contribution in [3.63, 3.8) is 0 Å². The van der Waals surface area contributed by atoms with Crippen molar-refractivity contribution >= 4 is 0 Å². The van der Waals surface area contributed by atoms with E-state index in [9.17, 15) is 10.2 Å². The summed E-state index contributed by atoms with van der Waals surface area (Å²) in [6, 6.07) is 0.901. The lowest BCUT2D eigenvalue weighted by molar-refractivity contribution is 0.00314. The van der Waals surface area contributed by atoms with Crippen molar-refractivity contribution in [1.29, 1.82) is 0 Å². The predicted molar refractivity (Wildman–Crippen MR) is 76.0 cm³/mol. The first kappa shape index (κ1) is 13.8. The number of likely N-dealkylation sites (tertiary alicyclic amines) is 1. The number of aliphatic hydroxyl groups is 2. The van der Waals surface area contributed by atoms with Crippen LogP contribution >= 0.6 is 0 Å². The molecule has 1 heterocycles. The SMILES string of the molecule is OC1CCCC1C1CCCN1C1CCCCCC1O. The first-order valence-corrected chi connectivity index (χ1v) is 8.39. The van der Waals surface area contributed by atoms with Gasteiger partial charge in [-0.05, 0) is 45.1 Å². The summed E-state index contributed by atoms with van der Waals surface area (Å²) in [5, 5.41) is 20.6. The molecule has 5 atom stereocenters. The van der Waals surface area contributed by atoms with Crippen LogP contribution in [0.5, 0.6) is 0 Å². The Balaban J connectivity index is 1.70. The monoisotopic (exact) mass is 267 g/mol. The second-order valence-corrected chi connectivity index (χ2v) is 6.88. The van der Waals surface area contributed by atoms with E-state index in [1.807, 2.05) is 0 Å². The summed E-state index contributed by atoms with van der Waals surface area (Å²) in [7, 11) is 0. The van der Waals surface area contributed by atoms with Crippen molar-refractivity contribution in [1.82, 2.24) is 4.90 Å². The van der Waals surface area contributed by atoms with E-state index >= 15 is 0 Å². The maximum Gasteiger partial charge on any atom is 0.0695 e. The predicted octanol–water partition coefficient (Wildman–Crippen LogP) is 2.31. The van der Waals surface area contributed by atoms with Gasteiger partial charge in [-0.25, -0.2) is 0 Å². The van der Waals surface area contributed by atoms with Gasteiger partial charge in [0.25, 0.3) is 0 Å².